The van der Waals surface area contributed by atoms with Crippen molar-refractivity contribution in [3.63, 3.8) is 0 Å². The predicted octanol–water partition coefficient (Wildman–Crippen LogP) is 4.90. The third-order valence-electron chi connectivity index (χ3n) is 5.61. The fourth-order valence-corrected chi connectivity index (χ4v) is 4.40. The maximum atomic E-state index is 13.9. The van der Waals surface area contributed by atoms with Gasteiger partial charge >= 0.3 is 6.03 Å². The summed E-state index contributed by atoms with van der Waals surface area (Å²) in [6.07, 6.45) is 4.27. The molecule has 2 aromatic carbocycles. The molecule has 2 amide bonds. The van der Waals surface area contributed by atoms with Gasteiger partial charge in [0, 0.05) is 18.5 Å². The second kappa shape index (κ2) is 6.14. The molecule has 3 nitrogen and oxygen atoms in total. The molecule has 0 bridgehead atoms. The fraction of sp³-hybridized carbons (Fsp3) is 0.350. The van der Waals surface area contributed by atoms with Crippen LogP contribution in [0.2, 0.25) is 0 Å². The summed E-state index contributed by atoms with van der Waals surface area (Å²) in [5, 5.41) is 2.61. The number of carbonyl (C=O) groups excluding carboxylic acids is 1. The van der Waals surface area contributed by atoms with Crippen molar-refractivity contribution in [2.24, 2.45) is 5.92 Å². The molecule has 0 unspecified atom stereocenters. The molecule has 5 heteroatoms. The molecule has 0 aromatic heterocycles. The van der Waals surface area contributed by atoms with E-state index in [2.05, 4.69) is 17.4 Å². The van der Waals surface area contributed by atoms with E-state index in [-0.39, 0.29) is 17.3 Å². The number of halogens is 2. The van der Waals surface area contributed by atoms with Crippen LogP contribution in [0.25, 0.3) is 0 Å². The van der Waals surface area contributed by atoms with E-state index >= 15 is 0 Å². The van der Waals surface area contributed by atoms with E-state index in [1.165, 1.54) is 12.5 Å². The normalized spacial score (nSPS) is 25.0. The first-order valence-electron chi connectivity index (χ1n) is 8.70. The molecule has 0 spiro atoms. The van der Waals surface area contributed by atoms with E-state index in [0.29, 0.717) is 12.5 Å². The van der Waals surface area contributed by atoms with Gasteiger partial charge in [0.1, 0.15) is 11.6 Å². The van der Waals surface area contributed by atoms with Crippen LogP contribution in [0.3, 0.4) is 0 Å². The van der Waals surface area contributed by atoms with Crippen LogP contribution in [0.5, 0.6) is 0 Å². The van der Waals surface area contributed by atoms with Crippen LogP contribution in [0.15, 0.2) is 48.5 Å². The van der Waals surface area contributed by atoms with E-state index in [0.717, 1.165) is 37.0 Å². The zero-order valence-corrected chi connectivity index (χ0v) is 13.8. The molecule has 1 aliphatic heterocycles. The van der Waals surface area contributed by atoms with E-state index in [9.17, 15) is 13.6 Å². The van der Waals surface area contributed by atoms with Crippen LogP contribution in [0.1, 0.15) is 31.2 Å². The molecule has 2 aromatic rings. The second-order valence-electron chi connectivity index (χ2n) is 6.90. The summed E-state index contributed by atoms with van der Waals surface area (Å²) in [7, 11) is 0. The molecule has 2 aliphatic rings. The predicted molar refractivity (Wildman–Crippen MR) is 92.2 cm³/mol. The third-order valence-corrected chi connectivity index (χ3v) is 5.61. The number of likely N-dealkylation sites (tertiary alicyclic amines) is 1. The first kappa shape index (κ1) is 16.1. The third kappa shape index (κ3) is 2.58. The van der Waals surface area contributed by atoms with Crippen LogP contribution in [-0.4, -0.2) is 17.5 Å². The number of amides is 2. The van der Waals surface area contributed by atoms with E-state index < -0.39 is 11.6 Å². The van der Waals surface area contributed by atoms with Crippen LogP contribution < -0.4 is 5.32 Å². The number of hydrogen-bond donors (Lipinski definition) is 1. The van der Waals surface area contributed by atoms with Gasteiger partial charge in [-0.1, -0.05) is 43.2 Å². The van der Waals surface area contributed by atoms with Crippen molar-refractivity contribution in [1.29, 1.82) is 0 Å². The Kier molecular flexibility index (Phi) is 3.94. The zero-order chi connectivity index (χ0) is 17.4. The Morgan fingerprint density at radius 2 is 1.92 bits per heavy atom. The lowest BCUT2D eigenvalue weighted by Crippen LogP contribution is -2.68. The molecule has 1 saturated carbocycles. The number of rotatable bonds is 2. The molecule has 4 rings (SSSR count). The van der Waals surface area contributed by atoms with E-state index in [4.69, 9.17) is 0 Å². The minimum Gasteiger partial charge on any atom is -0.314 e. The molecule has 1 heterocycles. The Morgan fingerprint density at radius 1 is 1.12 bits per heavy atom. The highest BCUT2D eigenvalue weighted by Gasteiger charge is 2.57. The lowest BCUT2D eigenvalue weighted by Gasteiger charge is -2.61. The Balaban J connectivity index is 1.62. The molecule has 25 heavy (non-hydrogen) atoms. The van der Waals surface area contributed by atoms with Gasteiger partial charge in [-0.05, 0) is 30.5 Å². The highest BCUT2D eigenvalue weighted by molar-refractivity contribution is 5.91. The van der Waals surface area contributed by atoms with Crippen molar-refractivity contribution in [1.82, 2.24) is 4.90 Å². The van der Waals surface area contributed by atoms with Crippen LogP contribution in [0, 0.1) is 17.6 Å². The van der Waals surface area contributed by atoms with Gasteiger partial charge in [-0.2, -0.15) is 0 Å². The van der Waals surface area contributed by atoms with Crippen molar-refractivity contribution in [2.75, 3.05) is 11.9 Å². The summed E-state index contributed by atoms with van der Waals surface area (Å²) in [5.74, 6) is -0.983. The lowest BCUT2D eigenvalue weighted by atomic mass is 9.62. The molecule has 2 fully saturated rings. The van der Waals surface area contributed by atoms with Crippen LogP contribution >= 0.6 is 0 Å². The first-order valence-corrected chi connectivity index (χ1v) is 8.70. The number of urea groups is 1. The van der Waals surface area contributed by atoms with E-state index in [1.54, 1.807) is 0 Å². The monoisotopic (exact) mass is 342 g/mol. The summed E-state index contributed by atoms with van der Waals surface area (Å²) in [4.78, 5) is 14.6. The average Bonchev–Trinajstić information content (AvgIpc) is 2.59. The molecule has 1 aliphatic carbocycles. The van der Waals surface area contributed by atoms with Gasteiger partial charge < -0.3 is 10.2 Å². The van der Waals surface area contributed by atoms with Crippen molar-refractivity contribution in [2.45, 2.75) is 31.2 Å². The van der Waals surface area contributed by atoms with Crippen LogP contribution in [-0.2, 0) is 5.54 Å². The molecule has 1 N–H and O–H groups in total. The Morgan fingerprint density at radius 3 is 2.64 bits per heavy atom. The Labute approximate surface area is 145 Å². The summed E-state index contributed by atoms with van der Waals surface area (Å²) < 4.78 is 26.9. The summed E-state index contributed by atoms with van der Waals surface area (Å²) in [6, 6.07) is 12.9. The number of carbonyl (C=O) groups is 1. The van der Waals surface area contributed by atoms with Gasteiger partial charge in [0.25, 0.3) is 0 Å². The largest absolute Gasteiger partial charge is 0.322 e. The minimum atomic E-state index is -0.761. The van der Waals surface area contributed by atoms with Gasteiger partial charge in [0.05, 0.1) is 11.2 Å². The van der Waals surface area contributed by atoms with Crippen molar-refractivity contribution < 1.29 is 13.6 Å². The maximum Gasteiger partial charge on any atom is 0.322 e. The van der Waals surface area contributed by atoms with Gasteiger partial charge in [-0.25, -0.2) is 13.6 Å². The highest BCUT2D eigenvalue weighted by atomic mass is 19.1. The second-order valence-corrected chi connectivity index (χ2v) is 6.90. The van der Waals surface area contributed by atoms with Crippen molar-refractivity contribution in [3.8, 4) is 0 Å². The number of nitrogens with zero attached hydrogens (tertiary/aromatic N) is 1. The Hall–Kier alpha value is -2.43. The summed E-state index contributed by atoms with van der Waals surface area (Å²) in [6.45, 7) is 0.670. The molecule has 130 valence electrons. The fourth-order valence-electron chi connectivity index (χ4n) is 4.40. The number of nitrogens with one attached hydrogen (secondary N) is 1. The standard InChI is InChI=1S/C20H20F2N2O/c21-16-9-10-18(17(22)12-16)23-19(25)24-13-15-8-4-5-11-20(15,24)14-6-2-1-3-7-14/h1-3,6-7,9-10,12,15H,4-5,8,11,13H2,(H,23,25)/t15-,20-/m1/s1. The van der Waals surface area contributed by atoms with Crippen LogP contribution in [0.4, 0.5) is 19.3 Å². The van der Waals surface area contributed by atoms with Crippen molar-refractivity contribution >= 4 is 11.7 Å². The number of anilines is 1. The van der Waals surface area contributed by atoms with Gasteiger partial charge in [0.2, 0.25) is 0 Å². The highest BCUT2D eigenvalue weighted by Crippen LogP contribution is 2.53. The minimum absolute atomic E-state index is 0.00821. The van der Waals surface area contributed by atoms with Gasteiger partial charge in [-0.3, -0.25) is 0 Å². The zero-order valence-electron chi connectivity index (χ0n) is 13.8. The Bertz CT molecular complexity index is 796. The quantitative estimate of drug-likeness (QED) is 0.827. The number of hydrogen-bond acceptors (Lipinski definition) is 1. The molecular formula is C20H20F2N2O. The molecular weight excluding hydrogens is 322 g/mol. The molecule has 0 radical (unpaired) electrons. The lowest BCUT2D eigenvalue weighted by molar-refractivity contribution is -0.0756. The van der Waals surface area contributed by atoms with Gasteiger partial charge in [-0.15, -0.1) is 0 Å². The number of benzene rings is 2. The first-order chi connectivity index (χ1) is 12.1. The van der Waals surface area contributed by atoms with Gasteiger partial charge in [0.15, 0.2) is 0 Å². The van der Waals surface area contributed by atoms with E-state index in [1.807, 2.05) is 23.1 Å². The van der Waals surface area contributed by atoms with Crippen molar-refractivity contribution in [3.05, 3.63) is 65.7 Å². The SMILES string of the molecule is O=C(Nc1ccc(F)cc1F)N1C[C@H]2CCCC[C@@]21c1ccccc1. The molecule has 1 saturated heterocycles. The molecule has 2 atom stereocenters. The topological polar surface area (TPSA) is 32.3 Å². The summed E-state index contributed by atoms with van der Waals surface area (Å²) in [5.41, 5.74) is 0.842. The number of fused-ring (bicyclic) bond motifs is 1. The summed E-state index contributed by atoms with van der Waals surface area (Å²) >= 11 is 0. The maximum absolute atomic E-state index is 13.9. The smallest absolute Gasteiger partial charge is 0.314 e. The average molecular weight is 342 g/mol.